The van der Waals surface area contributed by atoms with Gasteiger partial charge in [0.15, 0.2) is 0 Å². The Kier molecular flexibility index (Phi) is 6.02. The van der Waals surface area contributed by atoms with E-state index in [1.165, 1.54) is 0 Å². The van der Waals surface area contributed by atoms with Crippen molar-refractivity contribution >= 4 is 24.0 Å². The molecule has 5 heteroatoms. The predicted molar refractivity (Wildman–Crippen MR) is 100.0 cm³/mol. The second kappa shape index (κ2) is 8.01. The van der Waals surface area contributed by atoms with Gasteiger partial charge in [-0.2, -0.15) is 0 Å². The molecule has 1 heterocycles. The third-order valence-electron chi connectivity index (χ3n) is 4.64. The SMILES string of the molecule is C=C(N)c1cc(OC)c(CC(C=O)N2CC[C@H](C)C2=O)cc1/C=C\C. The van der Waals surface area contributed by atoms with Gasteiger partial charge in [-0.3, -0.25) is 4.79 Å². The summed E-state index contributed by atoms with van der Waals surface area (Å²) in [5.41, 5.74) is 8.92. The number of nitrogens with zero attached hydrogens (tertiary/aromatic N) is 1. The van der Waals surface area contributed by atoms with E-state index in [-0.39, 0.29) is 11.8 Å². The van der Waals surface area contributed by atoms with Gasteiger partial charge in [0.2, 0.25) is 5.91 Å². The molecule has 25 heavy (non-hydrogen) atoms. The number of hydrogen-bond donors (Lipinski definition) is 1. The first-order valence-corrected chi connectivity index (χ1v) is 8.47. The van der Waals surface area contributed by atoms with E-state index < -0.39 is 6.04 Å². The molecular formula is C20H26N2O3. The average molecular weight is 342 g/mol. The summed E-state index contributed by atoms with van der Waals surface area (Å²) in [7, 11) is 1.58. The minimum Gasteiger partial charge on any atom is -0.496 e. The van der Waals surface area contributed by atoms with Crippen LogP contribution >= 0.6 is 0 Å². The molecule has 1 aromatic carbocycles. The average Bonchev–Trinajstić information content (AvgIpc) is 2.92. The number of benzene rings is 1. The Morgan fingerprint density at radius 2 is 2.24 bits per heavy atom. The highest BCUT2D eigenvalue weighted by molar-refractivity contribution is 5.83. The van der Waals surface area contributed by atoms with Crippen LogP contribution in [-0.4, -0.2) is 36.8 Å². The molecular weight excluding hydrogens is 316 g/mol. The molecule has 1 fully saturated rings. The van der Waals surface area contributed by atoms with E-state index in [2.05, 4.69) is 6.58 Å². The van der Waals surface area contributed by atoms with Gasteiger partial charge in [0, 0.05) is 30.1 Å². The lowest BCUT2D eigenvalue weighted by Gasteiger charge is -2.24. The molecule has 1 aromatic rings. The van der Waals surface area contributed by atoms with Crippen LogP contribution in [0.5, 0.6) is 5.75 Å². The van der Waals surface area contributed by atoms with Crippen molar-refractivity contribution in [2.24, 2.45) is 11.7 Å². The number of likely N-dealkylation sites (tertiary alicyclic amines) is 1. The monoisotopic (exact) mass is 342 g/mol. The second-order valence-electron chi connectivity index (χ2n) is 6.41. The Balaban J connectivity index is 2.39. The summed E-state index contributed by atoms with van der Waals surface area (Å²) in [6, 6.07) is 3.30. The predicted octanol–water partition coefficient (Wildman–Crippen LogP) is 2.64. The molecule has 1 amide bonds. The molecule has 1 aliphatic rings. The van der Waals surface area contributed by atoms with Gasteiger partial charge in [0.1, 0.15) is 12.0 Å². The third-order valence-corrected chi connectivity index (χ3v) is 4.64. The van der Waals surface area contributed by atoms with Crippen molar-refractivity contribution in [1.29, 1.82) is 0 Å². The van der Waals surface area contributed by atoms with Crippen molar-refractivity contribution in [3.05, 3.63) is 41.5 Å². The van der Waals surface area contributed by atoms with E-state index in [4.69, 9.17) is 10.5 Å². The first kappa shape index (κ1) is 18.8. The molecule has 1 aliphatic heterocycles. The summed E-state index contributed by atoms with van der Waals surface area (Å²) in [5.74, 6) is 0.656. The molecule has 0 saturated carbocycles. The molecule has 0 spiro atoms. The fourth-order valence-corrected chi connectivity index (χ4v) is 3.22. The largest absolute Gasteiger partial charge is 0.496 e. The highest BCUT2D eigenvalue weighted by Gasteiger charge is 2.33. The van der Waals surface area contributed by atoms with Gasteiger partial charge >= 0.3 is 0 Å². The maximum absolute atomic E-state index is 12.3. The molecule has 0 aromatic heterocycles. The summed E-state index contributed by atoms with van der Waals surface area (Å²) < 4.78 is 5.49. The van der Waals surface area contributed by atoms with Crippen LogP contribution in [0.1, 0.15) is 37.0 Å². The summed E-state index contributed by atoms with van der Waals surface area (Å²) in [6.07, 6.45) is 5.90. The van der Waals surface area contributed by atoms with Crippen LogP contribution in [0.4, 0.5) is 0 Å². The zero-order valence-corrected chi connectivity index (χ0v) is 15.1. The topological polar surface area (TPSA) is 72.6 Å². The Bertz CT molecular complexity index is 709. The van der Waals surface area contributed by atoms with Crippen LogP contribution < -0.4 is 10.5 Å². The number of ether oxygens (including phenoxy) is 1. The van der Waals surface area contributed by atoms with Crippen molar-refractivity contribution in [2.75, 3.05) is 13.7 Å². The molecule has 0 bridgehead atoms. The van der Waals surface area contributed by atoms with E-state index in [0.717, 1.165) is 29.4 Å². The second-order valence-corrected chi connectivity index (χ2v) is 6.41. The normalized spacial score (nSPS) is 18.6. The molecule has 0 aliphatic carbocycles. The Labute approximate surface area is 149 Å². The van der Waals surface area contributed by atoms with Gasteiger partial charge in [0.05, 0.1) is 13.2 Å². The van der Waals surface area contributed by atoms with Crippen LogP contribution in [0, 0.1) is 5.92 Å². The molecule has 1 saturated heterocycles. The van der Waals surface area contributed by atoms with Crippen LogP contribution in [0.15, 0.2) is 24.8 Å². The maximum Gasteiger partial charge on any atom is 0.226 e. The van der Waals surface area contributed by atoms with E-state index in [0.29, 0.717) is 24.4 Å². The number of aldehydes is 1. The van der Waals surface area contributed by atoms with Crippen molar-refractivity contribution in [2.45, 2.75) is 32.7 Å². The molecule has 5 nitrogen and oxygen atoms in total. The summed E-state index contributed by atoms with van der Waals surface area (Å²) in [6.45, 7) is 8.25. The summed E-state index contributed by atoms with van der Waals surface area (Å²) in [5, 5.41) is 0. The van der Waals surface area contributed by atoms with Crippen molar-refractivity contribution in [1.82, 2.24) is 4.90 Å². The van der Waals surface area contributed by atoms with E-state index in [1.54, 1.807) is 12.0 Å². The lowest BCUT2D eigenvalue weighted by atomic mass is 9.96. The zero-order valence-electron chi connectivity index (χ0n) is 15.1. The number of hydrogen-bond acceptors (Lipinski definition) is 4. The Hall–Kier alpha value is -2.56. The standard InChI is InChI=1S/C20H26N2O3/c1-5-6-15-9-16(19(25-4)11-18(15)14(3)21)10-17(12-23)22-8-7-13(2)20(22)24/h5-6,9,11-13,17H,3,7-8,10,21H2,1-2,4H3/b6-5-/t13-,17?/m0/s1. The van der Waals surface area contributed by atoms with Gasteiger partial charge in [0.25, 0.3) is 0 Å². The fourth-order valence-electron chi connectivity index (χ4n) is 3.22. The Morgan fingerprint density at radius 3 is 2.72 bits per heavy atom. The minimum atomic E-state index is -0.489. The van der Waals surface area contributed by atoms with Gasteiger partial charge in [-0.1, -0.05) is 25.7 Å². The van der Waals surface area contributed by atoms with Gasteiger partial charge in [-0.05, 0) is 36.6 Å². The number of nitrogens with two attached hydrogens (primary N) is 1. The van der Waals surface area contributed by atoms with Gasteiger partial charge in [-0.15, -0.1) is 0 Å². The van der Waals surface area contributed by atoms with Crippen molar-refractivity contribution in [3.63, 3.8) is 0 Å². The fraction of sp³-hybridized carbons (Fsp3) is 0.400. The van der Waals surface area contributed by atoms with Crippen molar-refractivity contribution < 1.29 is 14.3 Å². The minimum absolute atomic E-state index is 0.0223. The van der Waals surface area contributed by atoms with E-state index in [9.17, 15) is 9.59 Å². The van der Waals surface area contributed by atoms with Crippen molar-refractivity contribution in [3.8, 4) is 5.75 Å². The first-order chi connectivity index (χ1) is 11.9. The first-order valence-electron chi connectivity index (χ1n) is 8.47. The summed E-state index contributed by atoms with van der Waals surface area (Å²) in [4.78, 5) is 25.6. The Morgan fingerprint density at radius 1 is 1.52 bits per heavy atom. The molecule has 2 atom stereocenters. The van der Waals surface area contributed by atoms with E-state index in [1.807, 2.05) is 38.1 Å². The highest BCUT2D eigenvalue weighted by atomic mass is 16.5. The lowest BCUT2D eigenvalue weighted by Crippen LogP contribution is -2.40. The van der Waals surface area contributed by atoms with E-state index >= 15 is 0 Å². The number of amides is 1. The quantitative estimate of drug-likeness (QED) is 0.773. The number of carbonyl (C=O) groups excluding carboxylic acids is 2. The number of allylic oxidation sites excluding steroid dienone is 1. The van der Waals surface area contributed by atoms with Crippen LogP contribution in [-0.2, 0) is 16.0 Å². The highest BCUT2D eigenvalue weighted by Crippen LogP contribution is 2.30. The zero-order chi connectivity index (χ0) is 18.6. The maximum atomic E-state index is 12.3. The number of carbonyl (C=O) groups is 2. The van der Waals surface area contributed by atoms with Crippen LogP contribution in [0.2, 0.25) is 0 Å². The van der Waals surface area contributed by atoms with Crippen LogP contribution in [0.25, 0.3) is 11.8 Å². The van der Waals surface area contributed by atoms with Crippen LogP contribution in [0.3, 0.4) is 0 Å². The molecule has 0 radical (unpaired) electrons. The molecule has 2 N–H and O–H groups in total. The van der Waals surface area contributed by atoms with Gasteiger partial charge < -0.3 is 20.2 Å². The molecule has 2 rings (SSSR count). The molecule has 134 valence electrons. The number of rotatable bonds is 7. The number of methoxy groups -OCH3 is 1. The smallest absolute Gasteiger partial charge is 0.226 e. The van der Waals surface area contributed by atoms with Gasteiger partial charge in [-0.25, -0.2) is 0 Å². The third kappa shape index (κ3) is 3.92. The lowest BCUT2D eigenvalue weighted by molar-refractivity contribution is -0.135. The molecule has 1 unspecified atom stereocenters. The summed E-state index contributed by atoms with van der Waals surface area (Å²) >= 11 is 0.